The molecule has 9 nitrogen and oxygen atoms in total. The third kappa shape index (κ3) is 6.40. The van der Waals surface area contributed by atoms with Crippen LogP contribution in [0.1, 0.15) is 35.2 Å². The van der Waals surface area contributed by atoms with Crippen LogP contribution < -0.4 is 10.1 Å². The van der Waals surface area contributed by atoms with Gasteiger partial charge in [0.15, 0.2) is 12.4 Å². The summed E-state index contributed by atoms with van der Waals surface area (Å²) in [4.78, 5) is 46.3. The molecule has 0 fully saturated rings. The van der Waals surface area contributed by atoms with E-state index in [1.165, 1.54) is 19.2 Å². The van der Waals surface area contributed by atoms with Gasteiger partial charge in [0.2, 0.25) is 11.7 Å². The van der Waals surface area contributed by atoms with Crippen LogP contribution in [-0.4, -0.2) is 36.3 Å². The number of hydrogen-bond acceptors (Lipinski definition) is 7. The van der Waals surface area contributed by atoms with Crippen LogP contribution in [0.15, 0.2) is 42.5 Å². The zero-order chi connectivity index (χ0) is 22.1. The van der Waals surface area contributed by atoms with E-state index < -0.39 is 23.3 Å². The molecule has 2 aromatic rings. The van der Waals surface area contributed by atoms with Crippen molar-refractivity contribution in [1.29, 1.82) is 0 Å². The highest BCUT2D eigenvalue weighted by atomic mass is 16.6. The zero-order valence-corrected chi connectivity index (χ0v) is 16.7. The number of aryl methyl sites for hydroxylation is 1. The van der Waals surface area contributed by atoms with Gasteiger partial charge in [-0.15, -0.1) is 0 Å². The normalized spacial score (nSPS) is 10.2. The number of para-hydroxylation sites is 1. The second-order valence-corrected chi connectivity index (χ2v) is 6.44. The Hall–Kier alpha value is -3.75. The number of carbonyl (C=O) groups is 3. The van der Waals surface area contributed by atoms with Crippen molar-refractivity contribution < 1.29 is 28.8 Å². The van der Waals surface area contributed by atoms with E-state index in [1.54, 1.807) is 6.07 Å². The van der Waals surface area contributed by atoms with Crippen molar-refractivity contribution in [2.75, 3.05) is 19.0 Å². The summed E-state index contributed by atoms with van der Waals surface area (Å²) in [7, 11) is 1.28. The Labute approximate surface area is 173 Å². The molecule has 2 aromatic carbocycles. The molecule has 0 radical (unpaired) electrons. The van der Waals surface area contributed by atoms with Gasteiger partial charge in [-0.25, -0.2) is 0 Å². The summed E-state index contributed by atoms with van der Waals surface area (Å²) in [6.07, 6.45) is 0.359. The SMILES string of the molecule is COc1ccc(C(=O)COC(=O)CCCC(=O)Nc2ccccc2C)cc1[N+](=O)[O-]. The topological polar surface area (TPSA) is 125 Å². The lowest BCUT2D eigenvalue weighted by atomic mass is 10.1. The maximum atomic E-state index is 12.1. The van der Waals surface area contributed by atoms with Gasteiger partial charge in [0, 0.05) is 30.2 Å². The highest BCUT2D eigenvalue weighted by Gasteiger charge is 2.19. The average molecular weight is 414 g/mol. The van der Waals surface area contributed by atoms with Gasteiger partial charge in [-0.1, -0.05) is 18.2 Å². The Morgan fingerprint density at radius 2 is 1.83 bits per heavy atom. The van der Waals surface area contributed by atoms with Gasteiger partial charge in [-0.05, 0) is 37.1 Å². The van der Waals surface area contributed by atoms with E-state index in [0.29, 0.717) is 5.69 Å². The van der Waals surface area contributed by atoms with Crippen LogP contribution in [0, 0.1) is 17.0 Å². The monoisotopic (exact) mass is 414 g/mol. The van der Waals surface area contributed by atoms with Gasteiger partial charge >= 0.3 is 11.7 Å². The maximum absolute atomic E-state index is 12.1. The number of hydrogen-bond donors (Lipinski definition) is 1. The van der Waals surface area contributed by atoms with Crippen LogP contribution in [0.2, 0.25) is 0 Å². The minimum atomic E-state index is -0.663. The van der Waals surface area contributed by atoms with Crippen molar-refractivity contribution in [2.45, 2.75) is 26.2 Å². The number of carbonyl (C=O) groups excluding carboxylic acids is 3. The average Bonchev–Trinajstić information content (AvgIpc) is 2.73. The number of esters is 1. The van der Waals surface area contributed by atoms with Crippen LogP contribution in [0.25, 0.3) is 0 Å². The first kappa shape index (κ1) is 22.5. The van der Waals surface area contributed by atoms with E-state index in [9.17, 15) is 24.5 Å². The second-order valence-electron chi connectivity index (χ2n) is 6.44. The first-order valence-electron chi connectivity index (χ1n) is 9.18. The summed E-state index contributed by atoms with van der Waals surface area (Å²) in [5.74, 6) is -1.40. The van der Waals surface area contributed by atoms with Gasteiger partial charge in [-0.3, -0.25) is 24.5 Å². The number of nitro groups is 1. The quantitative estimate of drug-likeness (QED) is 0.273. The molecule has 0 aliphatic rings. The van der Waals surface area contributed by atoms with Gasteiger partial charge in [0.1, 0.15) is 0 Å². The molecule has 0 aromatic heterocycles. The summed E-state index contributed by atoms with van der Waals surface area (Å²) < 4.78 is 9.79. The van der Waals surface area contributed by atoms with E-state index in [2.05, 4.69) is 5.32 Å². The fourth-order valence-corrected chi connectivity index (χ4v) is 2.63. The minimum absolute atomic E-state index is 0.0255. The summed E-state index contributed by atoms with van der Waals surface area (Å²) in [6.45, 7) is 1.33. The van der Waals surface area contributed by atoms with Crippen LogP contribution >= 0.6 is 0 Å². The van der Waals surface area contributed by atoms with E-state index in [4.69, 9.17) is 9.47 Å². The first-order valence-corrected chi connectivity index (χ1v) is 9.18. The molecule has 0 aliphatic heterocycles. The largest absolute Gasteiger partial charge is 0.490 e. The van der Waals surface area contributed by atoms with Crippen molar-refractivity contribution in [3.8, 4) is 5.75 Å². The van der Waals surface area contributed by atoms with E-state index in [-0.39, 0.29) is 42.2 Å². The standard InChI is InChI=1S/C21H22N2O7/c1-14-6-3-4-7-16(14)22-20(25)8-5-9-21(26)30-13-18(24)15-10-11-19(29-2)17(12-15)23(27)28/h3-4,6-7,10-12H,5,8-9,13H2,1-2H3,(H,22,25). The molecule has 1 amide bonds. The third-order valence-electron chi connectivity index (χ3n) is 4.27. The molecule has 9 heteroatoms. The number of rotatable bonds is 10. The van der Waals surface area contributed by atoms with E-state index in [0.717, 1.165) is 11.6 Å². The molecule has 0 saturated heterocycles. The van der Waals surface area contributed by atoms with Crippen LogP contribution in [0.4, 0.5) is 11.4 Å². The van der Waals surface area contributed by atoms with E-state index >= 15 is 0 Å². The smallest absolute Gasteiger partial charge is 0.311 e. The lowest BCUT2D eigenvalue weighted by Crippen LogP contribution is -2.16. The number of ketones is 1. The number of methoxy groups -OCH3 is 1. The van der Waals surface area contributed by atoms with Crippen LogP contribution in [-0.2, 0) is 14.3 Å². The molecule has 158 valence electrons. The van der Waals surface area contributed by atoms with Crippen LogP contribution in [0.3, 0.4) is 0 Å². The van der Waals surface area contributed by atoms with Gasteiger partial charge < -0.3 is 14.8 Å². The summed E-state index contributed by atoms with van der Waals surface area (Å²) in [6, 6.07) is 11.1. The Kier molecular flexibility index (Phi) is 8.04. The molecule has 30 heavy (non-hydrogen) atoms. The van der Waals surface area contributed by atoms with Gasteiger partial charge in [0.05, 0.1) is 12.0 Å². The van der Waals surface area contributed by atoms with Crippen molar-refractivity contribution in [3.05, 3.63) is 63.7 Å². The van der Waals surface area contributed by atoms with Crippen LogP contribution in [0.5, 0.6) is 5.75 Å². The molecule has 0 atom stereocenters. The number of ether oxygens (including phenoxy) is 2. The number of nitrogens with zero attached hydrogens (tertiary/aromatic N) is 1. The highest BCUT2D eigenvalue weighted by Crippen LogP contribution is 2.27. The third-order valence-corrected chi connectivity index (χ3v) is 4.27. The fourth-order valence-electron chi connectivity index (χ4n) is 2.63. The number of anilines is 1. The number of nitro benzene ring substituents is 1. The summed E-state index contributed by atoms with van der Waals surface area (Å²) in [5, 5.41) is 13.8. The minimum Gasteiger partial charge on any atom is -0.490 e. The molecule has 1 N–H and O–H groups in total. The summed E-state index contributed by atoms with van der Waals surface area (Å²) >= 11 is 0. The van der Waals surface area contributed by atoms with E-state index in [1.807, 2.05) is 25.1 Å². The molecular weight excluding hydrogens is 392 g/mol. The van der Waals surface area contributed by atoms with Crippen molar-refractivity contribution >= 4 is 29.0 Å². The number of Topliss-reactive ketones (excluding diaryl/α,β-unsaturated/α-hetero) is 1. The maximum Gasteiger partial charge on any atom is 0.311 e. The number of amides is 1. The zero-order valence-electron chi connectivity index (χ0n) is 16.7. The van der Waals surface area contributed by atoms with Crippen molar-refractivity contribution in [3.63, 3.8) is 0 Å². The first-order chi connectivity index (χ1) is 14.3. The molecule has 0 unspecified atom stereocenters. The molecule has 0 bridgehead atoms. The Morgan fingerprint density at radius 1 is 1.10 bits per heavy atom. The predicted molar refractivity (Wildman–Crippen MR) is 109 cm³/mol. The summed E-state index contributed by atoms with van der Waals surface area (Å²) in [5.41, 5.74) is 1.33. The second kappa shape index (κ2) is 10.7. The number of benzene rings is 2. The highest BCUT2D eigenvalue weighted by molar-refractivity contribution is 5.98. The molecule has 0 saturated carbocycles. The van der Waals surface area contributed by atoms with Crippen molar-refractivity contribution in [2.24, 2.45) is 0 Å². The molecule has 0 heterocycles. The number of nitrogens with one attached hydrogen (secondary N) is 1. The molecule has 0 spiro atoms. The molecular formula is C21H22N2O7. The Bertz CT molecular complexity index is 956. The Balaban J connectivity index is 1.77. The predicted octanol–water partition coefficient (Wildman–Crippen LogP) is 3.45. The fraction of sp³-hybridized carbons (Fsp3) is 0.286. The molecule has 0 aliphatic carbocycles. The van der Waals surface area contributed by atoms with Gasteiger partial charge in [-0.2, -0.15) is 0 Å². The lowest BCUT2D eigenvalue weighted by Gasteiger charge is -2.08. The Morgan fingerprint density at radius 3 is 2.50 bits per heavy atom. The van der Waals surface area contributed by atoms with Gasteiger partial charge in [0.25, 0.3) is 0 Å². The molecule has 2 rings (SSSR count). The lowest BCUT2D eigenvalue weighted by molar-refractivity contribution is -0.385. The van der Waals surface area contributed by atoms with Crippen molar-refractivity contribution in [1.82, 2.24) is 0 Å².